The molecule has 5 heteroatoms. The smallest absolute Gasteiger partial charge is 0.420 e. The number of allylic oxidation sites excluding steroid dienone is 1. The molecule has 2 heterocycles. The van der Waals surface area contributed by atoms with Crippen LogP contribution < -0.4 is 0 Å². The van der Waals surface area contributed by atoms with Gasteiger partial charge in [0.15, 0.2) is 0 Å². The molecule has 0 aromatic carbocycles. The van der Waals surface area contributed by atoms with Gasteiger partial charge in [-0.05, 0) is 57.9 Å². The second-order valence-electron chi connectivity index (χ2n) is 6.75. The number of carbonyl (C=O) groups is 1. The third kappa shape index (κ3) is 4.31. The summed E-state index contributed by atoms with van der Waals surface area (Å²) in [6.45, 7) is 11.5. The first-order valence-electron chi connectivity index (χ1n) is 8.13. The quantitative estimate of drug-likeness (QED) is 0.833. The number of hydrogen-bond acceptors (Lipinski definition) is 4. The van der Waals surface area contributed by atoms with Crippen molar-refractivity contribution in [1.29, 1.82) is 0 Å². The lowest BCUT2D eigenvalue weighted by molar-refractivity contribution is 0.0532. The van der Waals surface area contributed by atoms with E-state index in [0.717, 1.165) is 22.5 Å². The van der Waals surface area contributed by atoms with Crippen LogP contribution in [0.4, 0.5) is 4.79 Å². The molecule has 0 saturated carbocycles. The largest absolute Gasteiger partial charge is 0.443 e. The molecule has 0 unspecified atom stereocenters. The highest BCUT2D eigenvalue weighted by Crippen LogP contribution is 2.20. The molecule has 0 fully saturated rings. The fourth-order valence-electron chi connectivity index (χ4n) is 2.28. The van der Waals surface area contributed by atoms with Gasteiger partial charge in [-0.15, -0.1) is 0 Å². The van der Waals surface area contributed by atoms with E-state index in [2.05, 4.69) is 9.97 Å². The summed E-state index contributed by atoms with van der Waals surface area (Å²) in [4.78, 5) is 21.2. The Morgan fingerprint density at radius 3 is 2.67 bits per heavy atom. The lowest BCUT2D eigenvalue weighted by Gasteiger charge is -2.19. The average Bonchev–Trinajstić information content (AvgIpc) is 2.92. The molecule has 0 aliphatic carbocycles. The zero-order chi connectivity index (χ0) is 17.9. The van der Waals surface area contributed by atoms with Gasteiger partial charge in [-0.3, -0.25) is 4.98 Å². The summed E-state index contributed by atoms with van der Waals surface area (Å²) in [5.74, 6) is 0.690. The molecule has 2 aromatic rings. The van der Waals surface area contributed by atoms with Crippen molar-refractivity contribution < 1.29 is 9.53 Å². The number of hydrogen-bond donors (Lipinski definition) is 0. The molecule has 0 bridgehead atoms. The molecule has 0 saturated heterocycles. The summed E-state index contributed by atoms with van der Waals surface area (Å²) in [5.41, 5.74) is 3.20. The van der Waals surface area contributed by atoms with Crippen LogP contribution in [0, 0.1) is 6.92 Å². The Balaban J connectivity index is 2.35. The van der Waals surface area contributed by atoms with E-state index >= 15 is 0 Å². The number of imidazole rings is 1. The van der Waals surface area contributed by atoms with E-state index in [9.17, 15) is 4.79 Å². The molecule has 0 aliphatic heterocycles. The van der Waals surface area contributed by atoms with Crippen LogP contribution in [0.1, 0.15) is 57.4 Å². The van der Waals surface area contributed by atoms with Gasteiger partial charge in [0.05, 0.1) is 5.69 Å². The van der Waals surface area contributed by atoms with Crippen molar-refractivity contribution in [2.75, 3.05) is 0 Å². The number of aryl methyl sites for hydroxylation is 2. The molecular formula is C19H25N3O2. The molecule has 0 atom stereocenters. The van der Waals surface area contributed by atoms with Crippen LogP contribution in [0.3, 0.4) is 0 Å². The van der Waals surface area contributed by atoms with E-state index in [0.29, 0.717) is 12.2 Å². The Bertz CT molecular complexity index is 767. The van der Waals surface area contributed by atoms with Gasteiger partial charge >= 0.3 is 6.09 Å². The minimum atomic E-state index is -0.537. The van der Waals surface area contributed by atoms with Crippen molar-refractivity contribution in [2.45, 2.75) is 53.6 Å². The minimum absolute atomic E-state index is 0.400. The lowest BCUT2D eigenvalue weighted by Crippen LogP contribution is -2.27. The number of nitrogens with zero attached hydrogens (tertiary/aromatic N) is 3. The maximum atomic E-state index is 12.4. The maximum absolute atomic E-state index is 12.4. The van der Waals surface area contributed by atoms with Crippen LogP contribution in [-0.4, -0.2) is 26.2 Å². The van der Waals surface area contributed by atoms with Gasteiger partial charge in [0, 0.05) is 24.5 Å². The summed E-state index contributed by atoms with van der Waals surface area (Å²) in [6.07, 6.45) is 5.80. The Hall–Kier alpha value is -2.43. The van der Waals surface area contributed by atoms with Crippen LogP contribution in [-0.2, 0) is 11.2 Å². The molecule has 0 aliphatic rings. The fourth-order valence-corrected chi connectivity index (χ4v) is 2.28. The van der Waals surface area contributed by atoms with E-state index in [4.69, 9.17) is 4.74 Å². The predicted molar refractivity (Wildman–Crippen MR) is 95.8 cm³/mol. The third-order valence-corrected chi connectivity index (χ3v) is 3.51. The van der Waals surface area contributed by atoms with Crippen molar-refractivity contribution in [3.8, 4) is 0 Å². The number of aromatic nitrogens is 3. The van der Waals surface area contributed by atoms with Crippen LogP contribution >= 0.6 is 0 Å². The number of rotatable bonds is 3. The average molecular weight is 327 g/mol. The second-order valence-corrected chi connectivity index (χ2v) is 6.75. The molecule has 128 valence electrons. The van der Waals surface area contributed by atoms with Crippen LogP contribution in [0.2, 0.25) is 0 Å². The summed E-state index contributed by atoms with van der Waals surface area (Å²) in [5, 5.41) is 0. The number of carbonyl (C=O) groups excluding carboxylic acids is 1. The molecule has 0 radical (unpaired) electrons. The van der Waals surface area contributed by atoms with E-state index < -0.39 is 11.7 Å². The highest BCUT2D eigenvalue weighted by atomic mass is 16.6. The topological polar surface area (TPSA) is 57.0 Å². The zero-order valence-corrected chi connectivity index (χ0v) is 15.3. The van der Waals surface area contributed by atoms with E-state index in [1.165, 1.54) is 4.57 Å². The van der Waals surface area contributed by atoms with Crippen molar-refractivity contribution >= 4 is 17.7 Å². The summed E-state index contributed by atoms with van der Waals surface area (Å²) in [7, 11) is 0. The lowest BCUT2D eigenvalue weighted by atomic mass is 10.1. The number of ether oxygens (including phenoxy) is 1. The van der Waals surface area contributed by atoms with Crippen molar-refractivity contribution in [3.63, 3.8) is 0 Å². The maximum Gasteiger partial charge on any atom is 0.420 e. The third-order valence-electron chi connectivity index (χ3n) is 3.51. The van der Waals surface area contributed by atoms with E-state index in [-0.39, 0.29) is 0 Å². The summed E-state index contributed by atoms with van der Waals surface area (Å²) in [6, 6.07) is 3.92. The normalized spacial score (nSPS) is 12.3. The fraction of sp³-hybridized carbons (Fsp3) is 0.421. The van der Waals surface area contributed by atoms with E-state index in [1.807, 2.05) is 59.8 Å². The molecule has 2 rings (SSSR count). The van der Waals surface area contributed by atoms with Gasteiger partial charge in [0.2, 0.25) is 0 Å². The first-order chi connectivity index (χ1) is 11.2. The highest BCUT2D eigenvalue weighted by molar-refractivity contribution is 5.80. The molecule has 0 amide bonds. The predicted octanol–water partition coefficient (Wildman–Crippen LogP) is 4.49. The zero-order valence-electron chi connectivity index (χ0n) is 15.3. The standard InChI is InChI=1S/C19H25N3O2/c1-7-17-21-16(12-22(17)18(23)24-19(4,5)6)13(2)11-15-9-8-10-20-14(15)3/h8-12H,7H2,1-6H3/b13-11+. The SMILES string of the molecule is CCc1nc(/C(C)=C/c2cccnc2C)cn1C(=O)OC(C)(C)C. The van der Waals surface area contributed by atoms with Crippen molar-refractivity contribution in [3.05, 3.63) is 47.3 Å². The van der Waals surface area contributed by atoms with Gasteiger partial charge in [-0.1, -0.05) is 13.0 Å². The van der Waals surface area contributed by atoms with Gasteiger partial charge < -0.3 is 4.74 Å². The molecule has 5 nitrogen and oxygen atoms in total. The van der Waals surface area contributed by atoms with Crippen LogP contribution in [0.5, 0.6) is 0 Å². The first-order valence-corrected chi connectivity index (χ1v) is 8.13. The minimum Gasteiger partial charge on any atom is -0.443 e. The highest BCUT2D eigenvalue weighted by Gasteiger charge is 2.21. The molecule has 0 N–H and O–H groups in total. The Morgan fingerprint density at radius 1 is 1.38 bits per heavy atom. The van der Waals surface area contributed by atoms with Gasteiger partial charge in [-0.2, -0.15) is 0 Å². The first kappa shape index (κ1) is 17.9. The van der Waals surface area contributed by atoms with Gasteiger partial charge in [0.1, 0.15) is 11.4 Å². The van der Waals surface area contributed by atoms with Crippen molar-refractivity contribution in [1.82, 2.24) is 14.5 Å². The van der Waals surface area contributed by atoms with Crippen LogP contribution in [0.25, 0.3) is 11.6 Å². The molecule has 2 aromatic heterocycles. The Morgan fingerprint density at radius 2 is 2.08 bits per heavy atom. The second kappa shape index (κ2) is 6.99. The molecule has 24 heavy (non-hydrogen) atoms. The van der Waals surface area contributed by atoms with Crippen molar-refractivity contribution in [2.24, 2.45) is 0 Å². The van der Waals surface area contributed by atoms with Gasteiger partial charge in [0.25, 0.3) is 0 Å². The number of pyridine rings is 1. The van der Waals surface area contributed by atoms with E-state index in [1.54, 1.807) is 12.4 Å². The Kier molecular flexibility index (Phi) is 5.22. The monoisotopic (exact) mass is 327 g/mol. The molecular weight excluding hydrogens is 302 g/mol. The molecule has 0 spiro atoms. The summed E-state index contributed by atoms with van der Waals surface area (Å²) >= 11 is 0. The summed E-state index contributed by atoms with van der Waals surface area (Å²) < 4.78 is 6.95. The van der Waals surface area contributed by atoms with Gasteiger partial charge in [-0.25, -0.2) is 14.3 Å². The Labute approximate surface area is 143 Å². The van der Waals surface area contributed by atoms with Crippen LogP contribution in [0.15, 0.2) is 24.5 Å².